The van der Waals surface area contributed by atoms with E-state index < -0.39 is 17.5 Å². The number of amides is 2. The number of anilines is 1. The van der Waals surface area contributed by atoms with Gasteiger partial charge in [-0.25, -0.2) is 4.39 Å². The highest BCUT2D eigenvalue weighted by Crippen LogP contribution is 2.45. The summed E-state index contributed by atoms with van der Waals surface area (Å²) in [6.07, 6.45) is 0.561. The monoisotopic (exact) mass is 380 g/mol. The molecule has 1 unspecified atom stereocenters. The number of methoxy groups -OCH3 is 2. The van der Waals surface area contributed by atoms with Crippen LogP contribution in [0.1, 0.15) is 12.8 Å². The summed E-state index contributed by atoms with van der Waals surface area (Å²) >= 11 is 0. The lowest BCUT2D eigenvalue weighted by molar-refractivity contribution is -0.153. The van der Waals surface area contributed by atoms with Gasteiger partial charge in [0, 0.05) is 33.0 Å². The van der Waals surface area contributed by atoms with Gasteiger partial charge in [-0.15, -0.1) is 0 Å². The van der Waals surface area contributed by atoms with Crippen molar-refractivity contribution in [1.29, 1.82) is 0 Å². The first-order chi connectivity index (χ1) is 13.0. The second-order valence-electron chi connectivity index (χ2n) is 6.80. The quantitative estimate of drug-likeness (QED) is 0.525. The van der Waals surface area contributed by atoms with Gasteiger partial charge >= 0.3 is 0 Å². The number of carbonyl (C=O) groups excluding carboxylic acids is 2. The lowest BCUT2D eigenvalue weighted by atomic mass is 9.72. The molecule has 3 rings (SSSR count). The number of likely N-dealkylation sites (tertiary alicyclic amines) is 1. The molecule has 1 atom stereocenters. The van der Waals surface area contributed by atoms with Gasteiger partial charge in [0.05, 0.1) is 18.8 Å². The van der Waals surface area contributed by atoms with Crippen LogP contribution in [0.2, 0.25) is 0 Å². The van der Waals surface area contributed by atoms with Crippen molar-refractivity contribution in [2.24, 2.45) is 0 Å². The molecule has 1 aromatic rings. The third-order valence-electron chi connectivity index (χ3n) is 5.32. The van der Waals surface area contributed by atoms with Gasteiger partial charge in [0.2, 0.25) is 5.91 Å². The molecule has 27 heavy (non-hydrogen) atoms. The van der Waals surface area contributed by atoms with E-state index in [0.29, 0.717) is 44.8 Å². The van der Waals surface area contributed by atoms with E-state index >= 15 is 0 Å². The molecule has 1 spiro atoms. The lowest BCUT2D eigenvalue weighted by Gasteiger charge is -2.59. The van der Waals surface area contributed by atoms with Crippen molar-refractivity contribution >= 4 is 17.5 Å². The summed E-state index contributed by atoms with van der Waals surface area (Å²) < 4.78 is 29.3. The maximum absolute atomic E-state index is 13.6. The first-order valence-electron chi connectivity index (χ1n) is 9.00. The standard InChI is InChI=1S/C19H25FN2O5/c1-25-10-11-27-13-16(23)21-8-6-19(7-9-21)17(26-2)18(24)22(19)15-5-3-4-14(20)12-15/h3-5,12,17H,6-11,13H2,1-2H3. The Labute approximate surface area is 158 Å². The van der Waals surface area contributed by atoms with Crippen LogP contribution < -0.4 is 4.90 Å². The van der Waals surface area contributed by atoms with E-state index in [9.17, 15) is 14.0 Å². The number of rotatable bonds is 7. The topological polar surface area (TPSA) is 68.3 Å². The molecule has 0 N–H and O–H groups in total. The van der Waals surface area contributed by atoms with E-state index in [0.717, 1.165) is 0 Å². The normalized spacial score (nSPS) is 21.4. The molecule has 0 aliphatic carbocycles. The van der Waals surface area contributed by atoms with Crippen LogP contribution >= 0.6 is 0 Å². The third-order valence-corrected chi connectivity index (χ3v) is 5.32. The number of piperidine rings is 1. The molecule has 7 nitrogen and oxygen atoms in total. The van der Waals surface area contributed by atoms with Crippen molar-refractivity contribution in [1.82, 2.24) is 4.90 Å². The molecule has 2 saturated heterocycles. The van der Waals surface area contributed by atoms with Crippen molar-refractivity contribution in [3.63, 3.8) is 0 Å². The Morgan fingerprint density at radius 1 is 1.26 bits per heavy atom. The molecule has 2 aliphatic heterocycles. The van der Waals surface area contributed by atoms with E-state index in [1.165, 1.54) is 19.2 Å². The fourth-order valence-electron chi connectivity index (χ4n) is 3.96. The Hall–Kier alpha value is -2.03. The molecule has 2 heterocycles. The van der Waals surface area contributed by atoms with Crippen molar-refractivity contribution in [3.8, 4) is 0 Å². The third kappa shape index (κ3) is 3.69. The Morgan fingerprint density at radius 3 is 2.63 bits per heavy atom. The summed E-state index contributed by atoms with van der Waals surface area (Å²) in [5, 5.41) is 0. The molecular weight excluding hydrogens is 355 g/mol. The number of β-lactam (4-membered cyclic amide) rings is 1. The smallest absolute Gasteiger partial charge is 0.259 e. The molecular formula is C19H25FN2O5. The zero-order valence-electron chi connectivity index (χ0n) is 15.7. The Balaban J connectivity index is 1.66. The van der Waals surface area contributed by atoms with Crippen LogP contribution in [-0.2, 0) is 23.8 Å². The summed E-state index contributed by atoms with van der Waals surface area (Å²) in [6.45, 7) is 1.80. The minimum atomic E-state index is -0.573. The Kier molecular flexibility index (Phi) is 6.08. The molecule has 148 valence electrons. The molecule has 2 fully saturated rings. The van der Waals surface area contributed by atoms with Gasteiger partial charge in [0.15, 0.2) is 6.10 Å². The summed E-state index contributed by atoms with van der Waals surface area (Å²) in [4.78, 5) is 28.2. The maximum Gasteiger partial charge on any atom is 0.259 e. The van der Waals surface area contributed by atoms with Gasteiger partial charge < -0.3 is 24.0 Å². The highest BCUT2D eigenvalue weighted by Gasteiger charge is 2.62. The predicted molar refractivity (Wildman–Crippen MR) is 95.9 cm³/mol. The number of benzene rings is 1. The Morgan fingerprint density at radius 2 is 2.00 bits per heavy atom. The van der Waals surface area contributed by atoms with Crippen LogP contribution in [0.5, 0.6) is 0 Å². The second-order valence-corrected chi connectivity index (χ2v) is 6.80. The van der Waals surface area contributed by atoms with Gasteiger partial charge in [0.25, 0.3) is 5.91 Å². The number of nitrogens with zero attached hydrogens (tertiary/aromatic N) is 2. The summed E-state index contributed by atoms with van der Waals surface area (Å²) in [5.74, 6) is -0.652. The average Bonchev–Trinajstić information content (AvgIpc) is 2.66. The molecule has 0 bridgehead atoms. The molecule has 0 aromatic heterocycles. The first kappa shape index (κ1) is 19.7. The zero-order chi connectivity index (χ0) is 19.4. The largest absolute Gasteiger partial charge is 0.382 e. The number of ether oxygens (including phenoxy) is 3. The SMILES string of the molecule is COCCOCC(=O)N1CCC2(CC1)C(OC)C(=O)N2c1cccc(F)c1. The molecule has 2 aliphatic rings. The highest BCUT2D eigenvalue weighted by atomic mass is 19.1. The van der Waals surface area contributed by atoms with Crippen LogP contribution in [0, 0.1) is 5.82 Å². The van der Waals surface area contributed by atoms with Gasteiger partial charge in [-0.3, -0.25) is 9.59 Å². The van der Waals surface area contributed by atoms with Crippen molar-refractivity contribution in [2.75, 3.05) is 52.0 Å². The number of carbonyl (C=O) groups is 2. The fraction of sp³-hybridized carbons (Fsp3) is 0.579. The van der Waals surface area contributed by atoms with Gasteiger partial charge in [-0.2, -0.15) is 0 Å². The van der Waals surface area contributed by atoms with Crippen molar-refractivity contribution < 1.29 is 28.2 Å². The van der Waals surface area contributed by atoms with Crippen molar-refractivity contribution in [3.05, 3.63) is 30.1 Å². The van der Waals surface area contributed by atoms with Crippen LogP contribution in [0.15, 0.2) is 24.3 Å². The van der Waals surface area contributed by atoms with Gasteiger partial charge in [-0.05, 0) is 31.0 Å². The number of hydrogen-bond donors (Lipinski definition) is 0. The van der Waals surface area contributed by atoms with E-state index in [2.05, 4.69) is 0 Å². The molecule has 8 heteroatoms. The van der Waals surface area contributed by atoms with E-state index in [1.54, 1.807) is 29.0 Å². The van der Waals surface area contributed by atoms with E-state index in [4.69, 9.17) is 14.2 Å². The van der Waals surface area contributed by atoms with Crippen LogP contribution in [0.4, 0.5) is 10.1 Å². The minimum absolute atomic E-state index is 0.0105. The summed E-state index contributed by atoms with van der Waals surface area (Å²) in [7, 11) is 3.08. The molecule has 0 radical (unpaired) electrons. The van der Waals surface area contributed by atoms with Crippen LogP contribution in [0.3, 0.4) is 0 Å². The summed E-state index contributed by atoms with van der Waals surface area (Å²) in [6, 6.07) is 6.00. The number of halogens is 1. The van der Waals surface area contributed by atoms with E-state index in [-0.39, 0.29) is 18.4 Å². The fourth-order valence-corrected chi connectivity index (χ4v) is 3.96. The molecule has 2 amide bonds. The van der Waals surface area contributed by atoms with Gasteiger partial charge in [-0.1, -0.05) is 6.07 Å². The number of hydrogen-bond acceptors (Lipinski definition) is 5. The lowest BCUT2D eigenvalue weighted by Crippen LogP contribution is -2.78. The minimum Gasteiger partial charge on any atom is -0.382 e. The highest BCUT2D eigenvalue weighted by molar-refractivity contribution is 6.06. The maximum atomic E-state index is 13.6. The van der Waals surface area contributed by atoms with Crippen LogP contribution in [-0.4, -0.2) is 75.5 Å². The average molecular weight is 380 g/mol. The Bertz CT molecular complexity index is 690. The van der Waals surface area contributed by atoms with E-state index in [1.807, 2.05) is 0 Å². The van der Waals surface area contributed by atoms with Crippen molar-refractivity contribution in [2.45, 2.75) is 24.5 Å². The predicted octanol–water partition coefficient (Wildman–Crippen LogP) is 1.21. The first-order valence-corrected chi connectivity index (χ1v) is 9.00. The second kappa shape index (κ2) is 8.33. The van der Waals surface area contributed by atoms with Crippen LogP contribution in [0.25, 0.3) is 0 Å². The van der Waals surface area contributed by atoms with Gasteiger partial charge in [0.1, 0.15) is 12.4 Å². The summed E-state index contributed by atoms with van der Waals surface area (Å²) in [5.41, 5.74) is -0.0242. The molecule has 1 aromatic carbocycles. The zero-order valence-corrected chi connectivity index (χ0v) is 15.7. The molecule has 0 saturated carbocycles.